The normalized spacial score (nSPS) is 13.8. The lowest BCUT2D eigenvalue weighted by Crippen LogP contribution is -2.25. The van der Waals surface area contributed by atoms with Crippen LogP contribution < -0.4 is 10.1 Å². The summed E-state index contributed by atoms with van der Waals surface area (Å²) in [6, 6.07) is 6.71. The SMILES string of the molecule is Cc1cc(C(=O)NCc2cccc(OCCC3CC3)c2F)n(C)n1. The molecule has 1 aromatic carbocycles. The highest BCUT2D eigenvalue weighted by atomic mass is 19.1. The molecule has 1 aromatic heterocycles. The predicted octanol–water partition coefficient (Wildman–Crippen LogP) is 2.98. The number of ether oxygens (including phenoxy) is 1. The van der Waals surface area contributed by atoms with Gasteiger partial charge in [-0.3, -0.25) is 9.48 Å². The Balaban J connectivity index is 1.59. The van der Waals surface area contributed by atoms with Crippen LogP contribution in [0, 0.1) is 18.7 Å². The van der Waals surface area contributed by atoms with Crippen molar-refractivity contribution < 1.29 is 13.9 Å². The minimum absolute atomic E-state index is 0.106. The van der Waals surface area contributed by atoms with Gasteiger partial charge in [0.1, 0.15) is 5.69 Å². The average molecular weight is 331 g/mol. The number of halogens is 1. The van der Waals surface area contributed by atoms with Crippen LogP contribution >= 0.6 is 0 Å². The Bertz CT molecular complexity index is 738. The van der Waals surface area contributed by atoms with E-state index < -0.39 is 5.82 Å². The van der Waals surface area contributed by atoms with Crippen LogP contribution in [-0.2, 0) is 13.6 Å². The summed E-state index contributed by atoms with van der Waals surface area (Å²) < 4.78 is 21.5. The third kappa shape index (κ3) is 3.93. The molecule has 0 unspecified atom stereocenters. The van der Waals surface area contributed by atoms with E-state index in [2.05, 4.69) is 10.4 Å². The van der Waals surface area contributed by atoms with E-state index in [1.807, 2.05) is 6.92 Å². The van der Waals surface area contributed by atoms with Crippen LogP contribution in [-0.4, -0.2) is 22.3 Å². The third-order valence-corrected chi connectivity index (χ3v) is 4.20. The van der Waals surface area contributed by atoms with E-state index >= 15 is 0 Å². The number of amides is 1. The second kappa shape index (κ2) is 7.03. The lowest BCUT2D eigenvalue weighted by Gasteiger charge is -2.11. The summed E-state index contributed by atoms with van der Waals surface area (Å²) >= 11 is 0. The van der Waals surface area contributed by atoms with Crippen LogP contribution in [0.3, 0.4) is 0 Å². The van der Waals surface area contributed by atoms with Gasteiger partial charge in [-0.15, -0.1) is 0 Å². The topological polar surface area (TPSA) is 56.1 Å². The van der Waals surface area contributed by atoms with Crippen LogP contribution in [0.15, 0.2) is 24.3 Å². The largest absolute Gasteiger partial charge is 0.490 e. The van der Waals surface area contributed by atoms with Gasteiger partial charge in [0.05, 0.1) is 12.3 Å². The zero-order valence-corrected chi connectivity index (χ0v) is 14.0. The van der Waals surface area contributed by atoms with Crippen molar-refractivity contribution in [2.24, 2.45) is 13.0 Å². The van der Waals surface area contributed by atoms with Crippen molar-refractivity contribution in [3.63, 3.8) is 0 Å². The highest BCUT2D eigenvalue weighted by molar-refractivity contribution is 5.92. The number of carbonyl (C=O) groups excluding carboxylic acids is 1. The summed E-state index contributed by atoms with van der Waals surface area (Å²) in [5.74, 6) is 0.309. The zero-order valence-electron chi connectivity index (χ0n) is 14.0. The fourth-order valence-electron chi connectivity index (χ4n) is 2.64. The van der Waals surface area contributed by atoms with Crippen molar-refractivity contribution in [3.05, 3.63) is 47.0 Å². The van der Waals surface area contributed by atoms with E-state index in [-0.39, 0.29) is 18.2 Å². The molecule has 0 radical (unpaired) electrons. The van der Waals surface area contributed by atoms with Crippen LogP contribution in [0.2, 0.25) is 0 Å². The fraction of sp³-hybridized carbons (Fsp3) is 0.444. The maximum Gasteiger partial charge on any atom is 0.269 e. The number of aryl methyl sites for hydroxylation is 2. The molecule has 0 saturated heterocycles. The molecule has 1 aliphatic rings. The highest BCUT2D eigenvalue weighted by Crippen LogP contribution is 2.32. The van der Waals surface area contributed by atoms with Crippen LogP contribution in [0.25, 0.3) is 0 Å². The van der Waals surface area contributed by atoms with E-state index in [1.54, 1.807) is 31.3 Å². The van der Waals surface area contributed by atoms with Gasteiger partial charge in [0.15, 0.2) is 11.6 Å². The van der Waals surface area contributed by atoms with Gasteiger partial charge in [0.2, 0.25) is 0 Å². The second-order valence-electron chi connectivity index (χ2n) is 6.29. The molecule has 0 aliphatic heterocycles. The summed E-state index contributed by atoms with van der Waals surface area (Å²) in [4.78, 5) is 12.2. The maximum absolute atomic E-state index is 14.5. The molecule has 128 valence electrons. The molecule has 6 heteroatoms. The standard InChI is InChI=1S/C18H22FN3O2/c1-12-10-15(22(2)21-12)18(23)20-11-14-4-3-5-16(17(14)19)24-9-8-13-6-7-13/h3-5,10,13H,6-9,11H2,1-2H3,(H,20,23). The smallest absolute Gasteiger partial charge is 0.269 e. The van der Waals surface area contributed by atoms with Crippen molar-refractivity contribution in [3.8, 4) is 5.75 Å². The molecule has 0 atom stereocenters. The molecule has 1 N–H and O–H groups in total. The second-order valence-corrected chi connectivity index (χ2v) is 6.29. The highest BCUT2D eigenvalue weighted by Gasteiger charge is 2.21. The summed E-state index contributed by atoms with van der Waals surface area (Å²) in [7, 11) is 1.71. The third-order valence-electron chi connectivity index (χ3n) is 4.20. The molecule has 2 aromatic rings. The van der Waals surface area contributed by atoms with Crippen molar-refractivity contribution in [1.29, 1.82) is 0 Å². The van der Waals surface area contributed by atoms with Gasteiger partial charge in [-0.2, -0.15) is 5.10 Å². The number of hydrogen-bond acceptors (Lipinski definition) is 3. The first-order chi connectivity index (χ1) is 11.5. The lowest BCUT2D eigenvalue weighted by atomic mass is 10.2. The minimum Gasteiger partial charge on any atom is -0.490 e. The van der Waals surface area contributed by atoms with E-state index in [9.17, 15) is 9.18 Å². The number of rotatable bonds is 7. The molecule has 1 saturated carbocycles. The van der Waals surface area contributed by atoms with E-state index in [4.69, 9.17) is 4.74 Å². The molecule has 1 amide bonds. The van der Waals surface area contributed by atoms with Crippen LogP contribution in [0.5, 0.6) is 5.75 Å². The molecule has 3 rings (SSSR count). The first kappa shape index (κ1) is 16.5. The first-order valence-corrected chi connectivity index (χ1v) is 8.23. The molecular formula is C18H22FN3O2. The average Bonchev–Trinajstić information content (AvgIpc) is 3.30. The maximum atomic E-state index is 14.5. The Kier molecular flexibility index (Phi) is 4.83. The van der Waals surface area contributed by atoms with Crippen molar-refractivity contribution in [2.45, 2.75) is 32.7 Å². The van der Waals surface area contributed by atoms with Gasteiger partial charge in [0.25, 0.3) is 5.91 Å². The van der Waals surface area contributed by atoms with Gasteiger partial charge in [-0.05, 0) is 31.4 Å². The van der Waals surface area contributed by atoms with Crippen molar-refractivity contribution in [2.75, 3.05) is 6.61 Å². The van der Waals surface area contributed by atoms with E-state index in [0.29, 0.717) is 17.9 Å². The monoisotopic (exact) mass is 331 g/mol. The van der Waals surface area contributed by atoms with Gasteiger partial charge in [-0.1, -0.05) is 25.0 Å². The van der Waals surface area contributed by atoms with Crippen LogP contribution in [0.1, 0.15) is 41.0 Å². The molecule has 24 heavy (non-hydrogen) atoms. The molecule has 1 fully saturated rings. The Morgan fingerprint density at radius 2 is 2.25 bits per heavy atom. The number of carbonyl (C=O) groups is 1. The van der Waals surface area contributed by atoms with E-state index in [1.165, 1.54) is 17.5 Å². The Hall–Kier alpha value is -2.37. The van der Waals surface area contributed by atoms with Crippen molar-refractivity contribution >= 4 is 5.91 Å². The van der Waals surface area contributed by atoms with Gasteiger partial charge < -0.3 is 10.1 Å². The summed E-state index contributed by atoms with van der Waals surface area (Å²) in [5, 5.41) is 6.86. The summed E-state index contributed by atoms with van der Waals surface area (Å²) in [6.45, 7) is 2.46. The lowest BCUT2D eigenvalue weighted by molar-refractivity contribution is 0.0941. The molecule has 0 spiro atoms. The molecular weight excluding hydrogens is 309 g/mol. The Labute approximate surface area is 140 Å². The first-order valence-electron chi connectivity index (χ1n) is 8.23. The predicted molar refractivity (Wildman–Crippen MR) is 88.4 cm³/mol. The number of nitrogens with zero attached hydrogens (tertiary/aromatic N) is 2. The van der Waals surface area contributed by atoms with Gasteiger partial charge in [0, 0.05) is 19.2 Å². The van der Waals surface area contributed by atoms with Crippen LogP contribution in [0.4, 0.5) is 4.39 Å². The fourth-order valence-corrected chi connectivity index (χ4v) is 2.64. The molecule has 1 heterocycles. The van der Waals surface area contributed by atoms with Crippen molar-refractivity contribution in [1.82, 2.24) is 15.1 Å². The molecule has 0 bridgehead atoms. The van der Waals surface area contributed by atoms with Gasteiger partial charge in [-0.25, -0.2) is 4.39 Å². The number of nitrogens with one attached hydrogen (secondary N) is 1. The summed E-state index contributed by atoms with van der Waals surface area (Å²) in [6.07, 6.45) is 3.48. The molecule has 5 nitrogen and oxygen atoms in total. The van der Waals surface area contributed by atoms with Gasteiger partial charge >= 0.3 is 0 Å². The quantitative estimate of drug-likeness (QED) is 0.848. The molecule has 1 aliphatic carbocycles. The van der Waals surface area contributed by atoms with E-state index in [0.717, 1.165) is 18.0 Å². The Morgan fingerprint density at radius 3 is 2.92 bits per heavy atom. The summed E-state index contributed by atoms with van der Waals surface area (Å²) in [5.41, 5.74) is 1.62. The number of hydrogen-bond donors (Lipinski definition) is 1. The number of benzene rings is 1. The Morgan fingerprint density at radius 1 is 1.46 bits per heavy atom. The zero-order chi connectivity index (χ0) is 17.1. The minimum atomic E-state index is -0.408. The number of aromatic nitrogens is 2.